The number of nitrogens with one attached hydrogen (secondary N) is 2. The van der Waals surface area contributed by atoms with Gasteiger partial charge in [-0.25, -0.2) is 0 Å². The summed E-state index contributed by atoms with van der Waals surface area (Å²) in [5, 5.41) is 14.1. The molecule has 1 aromatic carbocycles. The number of rotatable bonds is 6. The molecular formula is C24H35N3O2. The van der Waals surface area contributed by atoms with Crippen LogP contribution in [0.3, 0.4) is 0 Å². The molecule has 1 aliphatic heterocycles. The summed E-state index contributed by atoms with van der Waals surface area (Å²) < 4.78 is 0. The Morgan fingerprint density at radius 1 is 1.34 bits per heavy atom. The summed E-state index contributed by atoms with van der Waals surface area (Å²) in [5.41, 5.74) is 6.06. The number of carbonyl (C=O) groups excluding carboxylic acids is 1. The molecular weight excluding hydrogens is 362 g/mol. The molecule has 0 fully saturated rings. The van der Waals surface area contributed by atoms with Crippen LogP contribution < -0.4 is 10.2 Å². The summed E-state index contributed by atoms with van der Waals surface area (Å²) in [6.45, 7) is 8.35. The van der Waals surface area contributed by atoms with Crippen LogP contribution in [0.4, 0.5) is 5.69 Å². The Labute approximate surface area is 174 Å². The Morgan fingerprint density at radius 2 is 2.10 bits per heavy atom. The first-order valence-electron chi connectivity index (χ1n) is 10.7. The lowest BCUT2D eigenvalue weighted by Gasteiger charge is -2.32. The molecule has 3 rings (SSSR count). The highest BCUT2D eigenvalue weighted by atomic mass is 16.3. The van der Waals surface area contributed by atoms with Gasteiger partial charge >= 0.3 is 0 Å². The number of aliphatic hydroxyl groups excluding tert-OH is 1. The van der Waals surface area contributed by atoms with Crippen molar-refractivity contribution in [3.05, 3.63) is 41.1 Å². The number of aryl methyl sites for hydroxylation is 1. The van der Waals surface area contributed by atoms with Crippen LogP contribution in [0.1, 0.15) is 51.7 Å². The topological polar surface area (TPSA) is 68.4 Å². The molecule has 1 amide bonds. The van der Waals surface area contributed by atoms with Gasteiger partial charge in [0.15, 0.2) is 0 Å². The number of amides is 1. The van der Waals surface area contributed by atoms with E-state index in [1.807, 2.05) is 13.2 Å². The van der Waals surface area contributed by atoms with Crippen molar-refractivity contribution in [3.63, 3.8) is 0 Å². The molecule has 0 unspecified atom stereocenters. The van der Waals surface area contributed by atoms with E-state index < -0.39 is 0 Å². The summed E-state index contributed by atoms with van der Waals surface area (Å²) in [6.07, 6.45) is 8.16. The van der Waals surface area contributed by atoms with Gasteiger partial charge in [-0.05, 0) is 62.6 Å². The van der Waals surface area contributed by atoms with E-state index in [-0.39, 0.29) is 30.5 Å². The molecule has 5 heteroatoms. The van der Waals surface area contributed by atoms with Gasteiger partial charge in [-0.2, -0.15) is 0 Å². The van der Waals surface area contributed by atoms with Crippen molar-refractivity contribution in [2.45, 2.75) is 65.5 Å². The molecule has 1 aliphatic rings. The highest BCUT2D eigenvalue weighted by Crippen LogP contribution is 2.35. The fraction of sp³-hybridized carbons (Fsp3) is 0.542. The normalized spacial score (nSPS) is 19.7. The Morgan fingerprint density at radius 3 is 2.76 bits per heavy atom. The van der Waals surface area contributed by atoms with Gasteiger partial charge in [0.05, 0.1) is 18.2 Å². The molecule has 0 aliphatic carbocycles. The predicted octanol–water partition coefficient (Wildman–Crippen LogP) is 3.95. The largest absolute Gasteiger partial charge is 0.394 e. The standard InChI is InChI=1S/C24H35N3O2/c1-15(2)8-6-7-9-17-10-11-20-21-18(13-25-22(17)21)12-19(14-28)26-24(29)23(16(3)4)27(20)5/h8,10-11,13,16,19,23,25,28H,6-7,9,12,14H2,1-5H3,(H,26,29)/t19-,23+/m1/s1. The monoisotopic (exact) mass is 397 g/mol. The zero-order valence-electron chi connectivity index (χ0n) is 18.4. The van der Waals surface area contributed by atoms with E-state index >= 15 is 0 Å². The third kappa shape index (κ3) is 4.50. The van der Waals surface area contributed by atoms with Crippen LogP contribution in [0.25, 0.3) is 10.9 Å². The Hall–Kier alpha value is -2.27. The average Bonchev–Trinajstić information content (AvgIpc) is 3.08. The molecule has 5 nitrogen and oxygen atoms in total. The summed E-state index contributed by atoms with van der Waals surface area (Å²) in [5.74, 6) is 0.133. The summed E-state index contributed by atoms with van der Waals surface area (Å²) >= 11 is 0. The van der Waals surface area contributed by atoms with Crippen molar-refractivity contribution < 1.29 is 9.90 Å². The van der Waals surface area contributed by atoms with E-state index in [2.05, 4.69) is 61.1 Å². The van der Waals surface area contributed by atoms with Crippen molar-refractivity contribution >= 4 is 22.5 Å². The molecule has 0 saturated heterocycles. The van der Waals surface area contributed by atoms with Crippen molar-refractivity contribution in [2.75, 3.05) is 18.6 Å². The number of nitrogens with zero attached hydrogens (tertiary/aromatic N) is 1. The maximum absolute atomic E-state index is 13.0. The van der Waals surface area contributed by atoms with Crippen molar-refractivity contribution in [1.82, 2.24) is 10.3 Å². The second-order valence-electron chi connectivity index (χ2n) is 8.87. The molecule has 1 aromatic heterocycles. The van der Waals surface area contributed by atoms with Crippen LogP contribution in [0.5, 0.6) is 0 Å². The summed E-state index contributed by atoms with van der Waals surface area (Å²) in [7, 11) is 2.00. The number of allylic oxidation sites excluding steroid dienone is 2. The number of benzene rings is 1. The fourth-order valence-corrected chi connectivity index (χ4v) is 4.49. The second-order valence-corrected chi connectivity index (χ2v) is 8.87. The smallest absolute Gasteiger partial charge is 0.243 e. The highest BCUT2D eigenvalue weighted by Gasteiger charge is 2.32. The van der Waals surface area contributed by atoms with Gasteiger partial charge in [0.2, 0.25) is 5.91 Å². The number of H-pyrrole nitrogens is 1. The summed E-state index contributed by atoms with van der Waals surface area (Å²) in [4.78, 5) is 18.6. The molecule has 3 N–H and O–H groups in total. The lowest BCUT2D eigenvalue weighted by molar-refractivity contribution is -0.124. The molecule has 0 spiro atoms. The number of carbonyl (C=O) groups is 1. The molecule has 0 bridgehead atoms. The van der Waals surface area contributed by atoms with Crippen LogP contribution in [-0.2, 0) is 17.6 Å². The average molecular weight is 398 g/mol. The molecule has 0 radical (unpaired) electrons. The number of hydrogen-bond donors (Lipinski definition) is 3. The lowest BCUT2D eigenvalue weighted by atomic mass is 9.98. The van der Waals surface area contributed by atoms with Gasteiger partial charge in [-0.1, -0.05) is 31.6 Å². The minimum Gasteiger partial charge on any atom is -0.394 e. The van der Waals surface area contributed by atoms with E-state index in [0.717, 1.165) is 36.0 Å². The van der Waals surface area contributed by atoms with Gasteiger partial charge in [-0.3, -0.25) is 4.79 Å². The van der Waals surface area contributed by atoms with Gasteiger partial charge in [0, 0.05) is 24.3 Å². The van der Waals surface area contributed by atoms with Crippen LogP contribution >= 0.6 is 0 Å². The first-order chi connectivity index (χ1) is 13.8. The molecule has 2 atom stereocenters. The maximum Gasteiger partial charge on any atom is 0.243 e. The van der Waals surface area contributed by atoms with E-state index in [4.69, 9.17) is 0 Å². The molecule has 0 saturated carbocycles. The number of aromatic nitrogens is 1. The summed E-state index contributed by atoms with van der Waals surface area (Å²) in [6, 6.07) is 3.81. The second kappa shape index (κ2) is 9.04. The predicted molar refractivity (Wildman–Crippen MR) is 120 cm³/mol. The van der Waals surface area contributed by atoms with E-state index in [9.17, 15) is 9.90 Å². The zero-order valence-corrected chi connectivity index (χ0v) is 18.4. The Bertz CT molecular complexity index is 893. The number of anilines is 1. The minimum absolute atomic E-state index is 0.0189. The van der Waals surface area contributed by atoms with Gasteiger partial charge in [0.1, 0.15) is 6.04 Å². The van der Waals surface area contributed by atoms with Crippen LogP contribution in [0, 0.1) is 5.92 Å². The van der Waals surface area contributed by atoms with Crippen LogP contribution in [-0.4, -0.2) is 41.7 Å². The molecule has 158 valence electrons. The molecule has 2 aromatic rings. The zero-order chi connectivity index (χ0) is 21.1. The minimum atomic E-state index is -0.281. The first kappa shape index (κ1) is 21.4. The van der Waals surface area contributed by atoms with Crippen LogP contribution in [0.15, 0.2) is 30.0 Å². The van der Waals surface area contributed by atoms with E-state index in [0.29, 0.717) is 6.42 Å². The SMILES string of the molecule is CC(C)=CCCCc1ccc2c3c(c[nH]c13)C[C@H](CO)NC(=O)[C@H](C(C)C)N2C. The Kier molecular flexibility index (Phi) is 6.68. The lowest BCUT2D eigenvalue weighted by Crippen LogP contribution is -2.52. The molecule has 29 heavy (non-hydrogen) atoms. The number of unbranched alkanes of at least 4 members (excludes halogenated alkanes) is 1. The van der Waals surface area contributed by atoms with Gasteiger partial charge in [-0.15, -0.1) is 0 Å². The maximum atomic E-state index is 13.0. The van der Waals surface area contributed by atoms with Crippen molar-refractivity contribution in [2.24, 2.45) is 5.92 Å². The van der Waals surface area contributed by atoms with Crippen molar-refractivity contribution in [3.8, 4) is 0 Å². The van der Waals surface area contributed by atoms with E-state index in [1.54, 1.807) is 0 Å². The van der Waals surface area contributed by atoms with Gasteiger partial charge in [0.25, 0.3) is 0 Å². The number of aromatic amines is 1. The van der Waals surface area contributed by atoms with Crippen LogP contribution in [0.2, 0.25) is 0 Å². The number of hydrogen-bond acceptors (Lipinski definition) is 3. The highest BCUT2D eigenvalue weighted by molar-refractivity contribution is 5.99. The first-order valence-corrected chi connectivity index (χ1v) is 10.7. The quantitative estimate of drug-likeness (QED) is 0.511. The van der Waals surface area contributed by atoms with E-state index in [1.165, 1.54) is 16.5 Å². The third-order valence-corrected chi connectivity index (χ3v) is 5.91. The number of aliphatic hydroxyl groups is 1. The fourth-order valence-electron chi connectivity index (χ4n) is 4.49. The molecule has 2 heterocycles. The van der Waals surface area contributed by atoms with Crippen molar-refractivity contribution in [1.29, 1.82) is 0 Å². The third-order valence-electron chi connectivity index (χ3n) is 5.91. The van der Waals surface area contributed by atoms with Gasteiger partial charge < -0.3 is 20.3 Å². The number of likely N-dealkylation sites (N-methyl/N-ethyl adjacent to an activating group) is 1. The Balaban J connectivity index is 2.05.